The summed E-state index contributed by atoms with van der Waals surface area (Å²) in [5.74, 6) is 0.702. The van der Waals surface area contributed by atoms with Crippen LogP contribution in [0.4, 0.5) is 0 Å². The van der Waals surface area contributed by atoms with Crippen LogP contribution in [0.1, 0.15) is 11.1 Å². The van der Waals surface area contributed by atoms with E-state index in [1.807, 2.05) is 18.2 Å². The van der Waals surface area contributed by atoms with Gasteiger partial charge in [0.15, 0.2) is 0 Å². The van der Waals surface area contributed by atoms with Gasteiger partial charge in [0.05, 0.1) is 19.8 Å². The Morgan fingerprint density at radius 1 is 1.53 bits per heavy atom. The predicted molar refractivity (Wildman–Crippen MR) is 61.9 cm³/mol. The Bertz CT molecular complexity index is 466. The van der Waals surface area contributed by atoms with E-state index in [9.17, 15) is 10.4 Å². The van der Waals surface area contributed by atoms with Crippen LogP contribution in [-0.4, -0.2) is 32.0 Å². The number of hydrogen-bond donors (Lipinski definition) is 1. The molecule has 0 aromatic heterocycles. The molecule has 0 radical (unpaired) electrons. The molecule has 0 bridgehead atoms. The standard InChI is InChI=1S/C13H15NO3/c1-16-7-12(15)13(8-14)6-9-3-4-10(17-2)5-11(9)13/h3-5,12,15H,6-7H2,1-2H3. The van der Waals surface area contributed by atoms with Crippen LogP contribution in [0.3, 0.4) is 0 Å². The minimum absolute atomic E-state index is 0.157. The SMILES string of the molecule is COCC(O)C1(C#N)Cc2ccc(OC)cc21. The second kappa shape index (κ2) is 4.36. The molecule has 0 spiro atoms. The lowest BCUT2D eigenvalue weighted by Crippen LogP contribution is -2.49. The zero-order valence-corrected chi connectivity index (χ0v) is 9.93. The Labute approximate surface area is 100 Å². The highest BCUT2D eigenvalue weighted by atomic mass is 16.5. The Morgan fingerprint density at radius 2 is 2.29 bits per heavy atom. The summed E-state index contributed by atoms with van der Waals surface area (Å²) in [5.41, 5.74) is 1.09. The molecular formula is C13H15NO3. The molecule has 0 amide bonds. The number of benzene rings is 1. The van der Waals surface area contributed by atoms with E-state index in [4.69, 9.17) is 9.47 Å². The van der Waals surface area contributed by atoms with E-state index in [1.54, 1.807) is 7.11 Å². The van der Waals surface area contributed by atoms with Crippen LogP contribution >= 0.6 is 0 Å². The number of ether oxygens (including phenoxy) is 2. The third kappa shape index (κ3) is 1.68. The third-order valence-electron chi connectivity index (χ3n) is 3.36. The predicted octanol–water partition coefficient (Wildman–Crippen LogP) is 1.02. The van der Waals surface area contributed by atoms with E-state index in [0.717, 1.165) is 11.1 Å². The summed E-state index contributed by atoms with van der Waals surface area (Å²) in [6, 6.07) is 7.84. The quantitative estimate of drug-likeness (QED) is 0.843. The number of rotatable bonds is 4. The van der Waals surface area contributed by atoms with Crippen molar-refractivity contribution in [1.82, 2.24) is 0 Å². The molecule has 1 aromatic carbocycles. The third-order valence-corrected chi connectivity index (χ3v) is 3.36. The van der Waals surface area contributed by atoms with Gasteiger partial charge in [0.1, 0.15) is 17.3 Å². The van der Waals surface area contributed by atoms with Crippen molar-refractivity contribution in [3.63, 3.8) is 0 Å². The molecule has 2 rings (SSSR count). The Hall–Kier alpha value is -1.57. The zero-order valence-electron chi connectivity index (χ0n) is 9.93. The summed E-state index contributed by atoms with van der Waals surface area (Å²) in [6.07, 6.45) is -0.245. The van der Waals surface area contributed by atoms with E-state index < -0.39 is 11.5 Å². The van der Waals surface area contributed by atoms with Crippen molar-refractivity contribution in [1.29, 1.82) is 5.26 Å². The van der Waals surface area contributed by atoms with Crippen molar-refractivity contribution in [2.45, 2.75) is 17.9 Å². The molecule has 17 heavy (non-hydrogen) atoms. The number of fused-ring (bicyclic) bond motifs is 1. The maximum absolute atomic E-state index is 10.0. The van der Waals surface area contributed by atoms with Crippen molar-refractivity contribution < 1.29 is 14.6 Å². The summed E-state index contributed by atoms with van der Waals surface area (Å²) < 4.78 is 10.1. The molecule has 4 nitrogen and oxygen atoms in total. The maximum atomic E-state index is 10.0. The highest BCUT2D eigenvalue weighted by molar-refractivity contribution is 5.54. The first kappa shape index (κ1) is 11.9. The van der Waals surface area contributed by atoms with Crippen molar-refractivity contribution in [2.75, 3.05) is 20.8 Å². The topological polar surface area (TPSA) is 62.5 Å². The van der Waals surface area contributed by atoms with E-state index in [2.05, 4.69) is 6.07 Å². The highest BCUT2D eigenvalue weighted by Gasteiger charge is 2.49. The van der Waals surface area contributed by atoms with Crippen molar-refractivity contribution in [2.24, 2.45) is 0 Å². The molecule has 0 fully saturated rings. The molecule has 0 saturated heterocycles. The molecule has 90 valence electrons. The van der Waals surface area contributed by atoms with Crippen molar-refractivity contribution in [3.05, 3.63) is 29.3 Å². The molecule has 1 aromatic rings. The van der Waals surface area contributed by atoms with Gasteiger partial charge in [-0.15, -0.1) is 0 Å². The average Bonchev–Trinajstić information content (AvgIpc) is 2.32. The van der Waals surface area contributed by atoms with Gasteiger partial charge in [0.2, 0.25) is 0 Å². The molecule has 0 aliphatic heterocycles. The number of methoxy groups -OCH3 is 2. The van der Waals surface area contributed by atoms with E-state index in [0.29, 0.717) is 12.2 Å². The minimum atomic E-state index is -0.847. The average molecular weight is 233 g/mol. The molecule has 1 aliphatic carbocycles. The molecule has 2 atom stereocenters. The van der Waals surface area contributed by atoms with E-state index >= 15 is 0 Å². The lowest BCUT2D eigenvalue weighted by Gasteiger charge is -2.41. The van der Waals surface area contributed by atoms with Crippen LogP contribution in [0.15, 0.2) is 18.2 Å². The summed E-state index contributed by atoms with van der Waals surface area (Å²) in [7, 11) is 3.10. The number of nitriles is 1. The lowest BCUT2D eigenvalue weighted by atomic mass is 9.62. The molecule has 0 saturated carbocycles. The van der Waals surface area contributed by atoms with Gasteiger partial charge in [0.25, 0.3) is 0 Å². The number of aliphatic hydroxyl groups excluding tert-OH is 1. The van der Waals surface area contributed by atoms with Crippen LogP contribution < -0.4 is 4.74 Å². The van der Waals surface area contributed by atoms with Gasteiger partial charge in [-0.1, -0.05) is 6.07 Å². The summed E-state index contributed by atoms with van der Waals surface area (Å²) in [4.78, 5) is 0. The van der Waals surface area contributed by atoms with Gasteiger partial charge < -0.3 is 14.6 Å². The second-order valence-electron chi connectivity index (χ2n) is 4.25. The minimum Gasteiger partial charge on any atom is -0.497 e. The fourth-order valence-corrected chi connectivity index (χ4v) is 2.31. The van der Waals surface area contributed by atoms with Crippen LogP contribution in [0, 0.1) is 11.3 Å². The van der Waals surface area contributed by atoms with Gasteiger partial charge in [0, 0.05) is 7.11 Å². The first-order valence-corrected chi connectivity index (χ1v) is 5.43. The Morgan fingerprint density at radius 3 is 2.88 bits per heavy atom. The number of hydrogen-bond acceptors (Lipinski definition) is 4. The van der Waals surface area contributed by atoms with Crippen LogP contribution in [0.2, 0.25) is 0 Å². The van der Waals surface area contributed by atoms with Crippen LogP contribution in [0.5, 0.6) is 5.75 Å². The largest absolute Gasteiger partial charge is 0.497 e. The van der Waals surface area contributed by atoms with E-state index in [-0.39, 0.29) is 6.61 Å². The lowest BCUT2D eigenvalue weighted by molar-refractivity contribution is 0.0190. The fourth-order valence-electron chi connectivity index (χ4n) is 2.31. The van der Waals surface area contributed by atoms with Gasteiger partial charge in [-0.05, 0) is 29.7 Å². The molecule has 0 heterocycles. The first-order valence-electron chi connectivity index (χ1n) is 5.43. The summed E-state index contributed by atoms with van der Waals surface area (Å²) >= 11 is 0. The number of aliphatic hydroxyl groups is 1. The molecule has 1 aliphatic rings. The summed E-state index contributed by atoms with van der Waals surface area (Å²) in [6.45, 7) is 0.157. The Kier molecular flexibility index (Phi) is 3.05. The maximum Gasteiger partial charge on any atom is 0.119 e. The second-order valence-corrected chi connectivity index (χ2v) is 4.25. The molecule has 4 heteroatoms. The molecular weight excluding hydrogens is 218 g/mol. The molecule has 2 unspecified atom stereocenters. The fraction of sp³-hybridized carbons (Fsp3) is 0.462. The van der Waals surface area contributed by atoms with Crippen LogP contribution in [-0.2, 0) is 16.6 Å². The molecule has 1 N–H and O–H groups in total. The van der Waals surface area contributed by atoms with Crippen molar-refractivity contribution >= 4 is 0 Å². The zero-order chi connectivity index (χ0) is 12.5. The monoisotopic (exact) mass is 233 g/mol. The Balaban J connectivity index is 2.37. The number of nitrogens with zero attached hydrogens (tertiary/aromatic N) is 1. The van der Waals surface area contributed by atoms with Gasteiger partial charge >= 0.3 is 0 Å². The smallest absolute Gasteiger partial charge is 0.119 e. The van der Waals surface area contributed by atoms with Crippen LogP contribution in [0.25, 0.3) is 0 Å². The van der Waals surface area contributed by atoms with E-state index in [1.165, 1.54) is 7.11 Å². The normalized spacial score (nSPS) is 23.2. The van der Waals surface area contributed by atoms with Gasteiger partial charge in [-0.25, -0.2) is 0 Å². The first-order chi connectivity index (χ1) is 8.17. The van der Waals surface area contributed by atoms with Crippen molar-refractivity contribution in [3.8, 4) is 11.8 Å². The van der Waals surface area contributed by atoms with Gasteiger partial charge in [-0.2, -0.15) is 5.26 Å². The highest BCUT2D eigenvalue weighted by Crippen LogP contribution is 2.45. The summed E-state index contributed by atoms with van der Waals surface area (Å²) in [5, 5.41) is 19.4. The van der Waals surface area contributed by atoms with Gasteiger partial charge in [-0.3, -0.25) is 0 Å².